The molecule has 104 valence electrons. The van der Waals surface area contributed by atoms with Crippen LogP contribution >= 0.6 is 15.9 Å². The van der Waals surface area contributed by atoms with E-state index in [0.717, 1.165) is 27.9 Å². The van der Waals surface area contributed by atoms with Gasteiger partial charge >= 0.3 is 5.97 Å². The van der Waals surface area contributed by atoms with E-state index >= 15 is 0 Å². The molecule has 1 aromatic heterocycles. The van der Waals surface area contributed by atoms with Crippen LogP contribution < -0.4 is 0 Å². The maximum atomic E-state index is 11.5. The third kappa shape index (κ3) is 2.64. The molecule has 0 amide bonds. The van der Waals surface area contributed by atoms with E-state index in [-0.39, 0.29) is 0 Å². The van der Waals surface area contributed by atoms with E-state index in [4.69, 9.17) is 4.42 Å². The first-order valence-corrected chi connectivity index (χ1v) is 7.18. The molecule has 1 N–H and O–H groups in total. The van der Waals surface area contributed by atoms with E-state index < -0.39 is 11.9 Å². The maximum absolute atomic E-state index is 11.5. The van der Waals surface area contributed by atoms with Crippen molar-refractivity contribution in [3.8, 4) is 0 Å². The van der Waals surface area contributed by atoms with Crippen molar-refractivity contribution < 1.29 is 14.3 Å². The quantitative estimate of drug-likeness (QED) is 0.935. The molecule has 3 rings (SSSR count). The predicted molar refractivity (Wildman–Crippen MR) is 77.3 cm³/mol. The largest absolute Gasteiger partial charge is 0.481 e. The van der Waals surface area contributed by atoms with Crippen LogP contribution in [-0.4, -0.2) is 22.5 Å². The molecule has 1 aliphatic heterocycles. The average Bonchev–Trinajstić information content (AvgIpc) is 2.83. The minimum atomic E-state index is -0.775. The number of hydrogen-bond acceptors (Lipinski definition) is 3. The van der Waals surface area contributed by atoms with Gasteiger partial charge in [-0.05, 0) is 33.1 Å². The molecular formula is C15H14BrNO3. The Morgan fingerprint density at radius 1 is 1.45 bits per heavy atom. The standard InChI is InChI=1S/C15H14BrNO3/c16-11-5-12(20-9-11)7-17-6-10-3-1-2-4-13(10)14(8-17)15(18)19/h1-5,9,14H,6-8H2,(H,18,19). The zero-order chi connectivity index (χ0) is 14.1. The lowest BCUT2D eigenvalue weighted by molar-refractivity contribution is -0.139. The molecule has 2 aromatic rings. The zero-order valence-corrected chi connectivity index (χ0v) is 12.3. The highest BCUT2D eigenvalue weighted by Crippen LogP contribution is 2.29. The highest BCUT2D eigenvalue weighted by Gasteiger charge is 2.30. The number of halogens is 1. The van der Waals surface area contributed by atoms with Crippen molar-refractivity contribution in [2.45, 2.75) is 19.0 Å². The number of fused-ring (bicyclic) bond motifs is 1. The average molecular weight is 336 g/mol. The van der Waals surface area contributed by atoms with Gasteiger partial charge in [0.1, 0.15) is 12.0 Å². The molecule has 0 fully saturated rings. The molecule has 0 saturated carbocycles. The third-order valence-corrected chi connectivity index (χ3v) is 3.98. The first-order chi connectivity index (χ1) is 9.63. The molecule has 4 nitrogen and oxygen atoms in total. The molecule has 1 unspecified atom stereocenters. The van der Waals surface area contributed by atoms with Gasteiger partial charge in [-0.15, -0.1) is 0 Å². The summed E-state index contributed by atoms with van der Waals surface area (Å²) in [7, 11) is 0. The van der Waals surface area contributed by atoms with Gasteiger partial charge in [-0.2, -0.15) is 0 Å². The molecule has 0 spiro atoms. The zero-order valence-electron chi connectivity index (χ0n) is 10.8. The Morgan fingerprint density at radius 3 is 2.95 bits per heavy atom. The van der Waals surface area contributed by atoms with Crippen LogP contribution in [0.15, 0.2) is 45.5 Å². The number of furan rings is 1. The predicted octanol–water partition coefficient (Wildman–Crippen LogP) is 3.23. The molecule has 0 saturated heterocycles. The van der Waals surface area contributed by atoms with Gasteiger partial charge in [-0.1, -0.05) is 24.3 Å². The third-order valence-electron chi connectivity index (χ3n) is 3.56. The van der Waals surface area contributed by atoms with Crippen molar-refractivity contribution in [2.24, 2.45) is 0 Å². The highest BCUT2D eigenvalue weighted by atomic mass is 79.9. The Kier molecular flexibility index (Phi) is 3.63. The number of nitrogens with zero attached hydrogens (tertiary/aromatic N) is 1. The number of benzene rings is 1. The first-order valence-electron chi connectivity index (χ1n) is 6.39. The highest BCUT2D eigenvalue weighted by molar-refractivity contribution is 9.10. The fraction of sp³-hybridized carbons (Fsp3) is 0.267. The van der Waals surface area contributed by atoms with E-state index in [2.05, 4.69) is 20.8 Å². The summed E-state index contributed by atoms with van der Waals surface area (Å²) in [6, 6.07) is 9.67. The number of rotatable bonds is 3. The van der Waals surface area contributed by atoms with Gasteiger partial charge in [0.05, 0.1) is 16.9 Å². The lowest BCUT2D eigenvalue weighted by Gasteiger charge is -2.32. The Labute approximate surface area is 125 Å². The van der Waals surface area contributed by atoms with Crippen molar-refractivity contribution in [1.29, 1.82) is 0 Å². The Balaban J connectivity index is 1.84. The van der Waals surface area contributed by atoms with Crippen LogP contribution in [0.1, 0.15) is 22.8 Å². The van der Waals surface area contributed by atoms with Crippen molar-refractivity contribution in [2.75, 3.05) is 6.54 Å². The van der Waals surface area contributed by atoms with Crippen LogP contribution in [-0.2, 0) is 17.9 Å². The summed E-state index contributed by atoms with van der Waals surface area (Å²) in [6.07, 6.45) is 1.64. The molecule has 2 heterocycles. The Bertz CT molecular complexity index is 638. The van der Waals surface area contributed by atoms with Crippen molar-refractivity contribution in [3.05, 3.63) is 58.0 Å². The summed E-state index contributed by atoms with van der Waals surface area (Å²) in [6.45, 7) is 1.87. The van der Waals surface area contributed by atoms with Crippen molar-refractivity contribution in [1.82, 2.24) is 4.90 Å². The van der Waals surface area contributed by atoms with Crippen LogP contribution in [0.4, 0.5) is 0 Å². The van der Waals surface area contributed by atoms with Gasteiger partial charge in [0.15, 0.2) is 0 Å². The monoisotopic (exact) mass is 335 g/mol. The molecule has 5 heteroatoms. The summed E-state index contributed by atoms with van der Waals surface area (Å²) >= 11 is 3.35. The van der Waals surface area contributed by atoms with Gasteiger partial charge in [0.25, 0.3) is 0 Å². The maximum Gasteiger partial charge on any atom is 0.312 e. The van der Waals surface area contributed by atoms with Gasteiger partial charge in [-0.3, -0.25) is 9.69 Å². The number of carbonyl (C=O) groups is 1. The normalized spacial score (nSPS) is 18.8. The van der Waals surface area contributed by atoms with E-state index in [1.54, 1.807) is 6.26 Å². The van der Waals surface area contributed by atoms with E-state index in [0.29, 0.717) is 13.1 Å². The van der Waals surface area contributed by atoms with Gasteiger partial charge in [-0.25, -0.2) is 0 Å². The Morgan fingerprint density at radius 2 is 2.25 bits per heavy atom. The summed E-state index contributed by atoms with van der Waals surface area (Å²) in [4.78, 5) is 13.6. The smallest absolute Gasteiger partial charge is 0.312 e. The fourth-order valence-corrected chi connectivity index (χ4v) is 3.02. The second kappa shape index (κ2) is 5.42. The summed E-state index contributed by atoms with van der Waals surface area (Å²) in [5.74, 6) is -0.415. The lowest BCUT2D eigenvalue weighted by atomic mass is 9.90. The Hall–Kier alpha value is -1.59. The number of carboxylic acids is 1. The molecule has 1 atom stereocenters. The van der Waals surface area contributed by atoms with Crippen LogP contribution in [0.5, 0.6) is 0 Å². The fourth-order valence-electron chi connectivity index (χ4n) is 2.67. The molecule has 1 aliphatic rings. The molecular weight excluding hydrogens is 322 g/mol. The van der Waals surface area contributed by atoms with Gasteiger partial charge in [0.2, 0.25) is 0 Å². The minimum absolute atomic E-state index is 0.474. The summed E-state index contributed by atoms with van der Waals surface area (Å²) < 4.78 is 6.32. The first kappa shape index (κ1) is 13.4. The number of carboxylic acid groups (broad SMARTS) is 1. The summed E-state index contributed by atoms with van der Waals surface area (Å²) in [5.41, 5.74) is 2.01. The number of aliphatic carboxylic acids is 1. The second-order valence-electron chi connectivity index (χ2n) is 4.99. The topological polar surface area (TPSA) is 53.7 Å². The van der Waals surface area contributed by atoms with Gasteiger partial charge < -0.3 is 9.52 Å². The van der Waals surface area contributed by atoms with Crippen molar-refractivity contribution in [3.63, 3.8) is 0 Å². The molecule has 1 aromatic carbocycles. The SMILES string of the molecule is O=C(O)C1CN(Cc2cc(Br)co2)Cc2ccccc21. The minimum Gasteiger partial charge on any atom is -0.481 e. The molecule has 0 radical (unpaired) electrons. The number of hydrogen-bond donors (Lipinski definition) is 1. The second-order valence-corrected chi connectivity index (χ2v) is 5.91. The van der Waals surface area contributed by atoms with E-state index in [9.17, 15) is 9.90 Å². The van der Waals surface area contributed by atoms with Crippen LogP contribution in [0, 0.1) is 0 Å². The van der Waals surface area contributed by atoms with Crippen molar-refractivity contribution >= 4 is 21.9 Å². The van der Waals surface area contributed by atoms with Gasteiger partial charge in [0, 0.05) is 13.1 Å². The van der Waals surface area contributed by atoms with Crippen LogP contribution in [0.25, 0.3) is 0 Å². The van der Waals surface area contributed by atoms with Crippen LogP contribution in [0.2, 0.25) is 0 Å². The molecule has 0 aliphatic carbocycles. The van der Waals surface area contributed by atoms with E-state index in [1.807, 2.05) is 30.3 Å². The lowest BCUT2D eigenvalue weighted by Crippen LogP contribution is -2.36. The van der Waals surface area contributed by atoms with Crippen LogP contribution in [0.3, 0.4) is 0 Å². The molecule has 20 heavy (non-hydrogen) atoms. The summed E-state index contributed by atoms with van der Waals surface area (Å²) in [5, 5.41) is 9.42. The molecule has 0 bridgehead atoms. The van der Waals surface area contributed by atoms with E-state index in [1.165, 1.54) is 0 Å².